The quantitative estimate of drug-likeness (QED) is 0.666. The molecule has 19 heavy (non-hydrogen) atoms. The second-order valence-electron chi connectivity index (χ2n) is 4.05. The molecule has 1 aromatic carbocycles. The molecule has 100 valence electrons. The maximum Gasteiger partial charge on any atom is 0.251 e. The normalized spacial score (nSPS) is 10.6. The molecule has 0 saturated heterocycles. The van der Waals surface area contributed by atoms with Crippen LogP contribution < -0.4 is 11.3 Å². The van der Waals surface area contributed by atoms with Crippen LogP contribution in [0.1, 0.15) is 19.0 Å². The second kappa shape index (κ2) is 5.88. The first-order valence-corrected chi connectivity index (χ1v) is 6.74. The number of benzene rings is 1. The van der Waals surface area contributed by atoms with Crippen molar-refractivity contribution in [3.8, 4) is 0 Å². The Balaban J connectivity index is 2.32. The Morgan fingerprint density at radius 3 is 3.00 bits per heavy atom. The number of halogens is 1. The molecule has 0 fully saturated rings. The van der Waals surface area contributed by atoms with E-state index in [1.54, 1.807) is 12.1 Å². The van der Waals surface area contributed by atoms with Gasteiger partial charge in [0, 0.05) is 16.7 Å². The topological polar surface area (TPSA) is 71.8 Å². The van der Waals surface area contributed by atoms with E-state index in [1.807, 2.05) is 6.92 Å². The summed E-state index contributed by atoms with van der Waals surface area (Å²) in [5.74, 6) is -0.475. The van der Waals surface area contributed by atoms with Crippen LogP contribution >= 0.6 is 11.8 Å². The molecule has 1 aromatic heterocycles. The fourth-order valence-corrected chi connectivity index (χ4v) is 2.50. The van der Waals surface area contributed by atoms with Gasteiger partial charge >= 0.3 is 0 Å². The van der Waals surface area contributed by atoms with E-state index in [4.69, 9.17) is 5.73 Å². The lowest BCUT2D eigenvalue weighted by Gasteiger charge is -2.06. The van der Waals surface area contributed by atoms with Crippen molar-refractivity contribution < 1.29 is 4.39 Å². The van der Waals surface area contributed by atoms with Crippen LogP contribution in [-0.2, 0) is 6.42 Å². The number of anilines is 1. The molecule has 0 aliphatic heterocycles. The summed E-state index contributed by atoms with van der Waals surface area (Å²) < 4.78 is 13.3. The molecule has 0 spiro atoms. The van der Waals surface area contributed by atoms with Crippen molar-refractivity contribution in [3.05, 3.63) is 46.1 Å². The molecule has 4 nitrogen and oxygen atoms in total. The van der Waals surface area contributed by atoms with Crippen LogP contribution in [-0.4, -0.2) is 9.97 Å². The number of para-hydroxylation sites is 1. The predicted octanol–water partition coefficient (Wildman–Crippen LogP) is 2.59. The van der Waals surface area contributed by atoms with Gasteiger partial charge in [0.15, 0.2) is 5.16 Å². The molecule has 2 rings (SSSR count). The first kappa shape index (κ1) is 13.6. The van der Waals surface area contributed by atoms with Crippen molar-refractivity contribution in [1.82, 2.24) is 9.97 Å². The molecule has 1 heterocycles. The van der Waals surface area contributed by atoms with Crippen molar-refractivity contribution in [2.75, 3.05) is 5.73 Å². The predicted molar refractivity (Wildman–Crippen MR) is 73.8 cm³/mol. The van der Waals surface area contributed by atoms with Gasteiger partial charge < -0.3 is 10.7 Å². The molecular formula is C13H14FN3OS. The molecule has 0 aliphatic rings. The number of nitrogens with one attached hydrogen (secondary N) is 1. The number of rotatable bonds is 4. The highest BCUT2D eigenvalue weighted by atomic mass is 32.2. The molecule has 0 saturated carbocycles. The Labute approximate surface area is 114 Å². The van der Waals surface area contributed by atoms with Crippen LogP contribution in [0.25, 0.3) is 0 Å². The molecule has 0 atom stereocenters. The van der Waals surface area contributed by atoms with Crippen LogP contribution in [0.2, 0.25) is 0 Å². The number of nitrogens with two attached hydrogens (primary N) is 1. The average Bonchev–Trinajstić information content (AvgIpc) is 2.35. The standard InChI is InChI=1S/C13H14FN3OS/c1-2-4-8-7-11(18)17-13(16-8)19-10-6-3-5-9(14)12(10)15/h3,5-7H,2,4,15H2,1H3,(H,16,17,18). The van der Waals surface area contributed by atoms with E-state index < -0.39 is 5.82 Å². The number of hydrogen-bond donors (Lipinski definition) is 2. The van der Waals surface area contributed by atoms with Crippen LogP contribution in [0.3, 0.4) is 0 Å². The summed E-state index contributed by atoms with van der Waals surface area (Å²) in [7, 11) is 0. The maximum atomic E-state index is 13.3. The van der Waals surface area contributed by atoms with Gasteiger partial charge in [0.1, 0.15) is 5.82 Å². The van der Waals surface area contributed by atoms with Gasteiger partial charge in [-0.15, -0.1) is 0 Å². The van der Waals surface area contributed by atoms with Gasteiger partial charge in [0.25, 0.3) is 5.56 Å². The SMILES string of the molecule is CCCc1cc(=O)[nH]c(Sc2cccc(F)c2N)n1. The van der Waals surface area contributed by atoms with Gasteiger partial charge in [-0.05, 0) is 30.3 Å². The molecule has 0 aliphatic carbocycles. The third kappa shape index (κ3) is 3.35. The minimum Gasteiger partial charge on any atom is -0.395 e. The van der Waals surface area contributed by atoms with Crippen molar-refractivity contribution in [3.63, 3.8) is 0 Å². The highest BCUT2D eigenvalue weighted by molar-refractivity contribution is 7.99. The van der Waals surface area contributed by atoms with Gasteiger partial charge in [-0.3, -0.25) is 4.79 Å². The van der Waals surface area contributed by atoms with E-state index in [0.29, 0.717) is 10.1 Å². The zero-order chi connectivity index (χ0) is 13.8. The molecule has 0 radical (unpaired) electrons. The summed E-state index contributed by atoms with van der Waals surface area (Å²) in [6.07, 6.45) is 1.64. The first-order chi connectivity index (χ1) is 9.10. The minimum absolute atomic E-state index is 0.0658. The van der Waals surface area contributed by atoms with Gasteiger partial charge in [-0.25, -0.2) is 9.37 Å². The number of nitrogen functional groups attached to an aromatic ring is 1. The van der Waals surface area contributed by atoms with Crippen molar-refractivity contribution in [2.24, 2.45) is 0 Å². The fraction of sp³-hybridized carbons (Fsp3) is 0.231. The Bertz CT molecular complexity index is 642. The third-order valence-corrected chi connectivity index (χ3v) is 3.46. The van der Waals surface area contributed by atoms with E-state index in [0.717, 1.165) is 30.3 Å². The molecule has 0 bridgehead atoms. The molecule has 3 N–H and O–H groups in total. The summed E-state index contributed by atoms with van der Waals surface area (Å²) in [6, 6.07) is 6.03. The number of nitrogens with zero attached hydrogens (tertiary/aromatic N) is 1. The molecule has 0 amide bonds. The summed E-state index contributed by atoms with van der Waals surface area (Å²) in [6.45, 7) is 2.01. The maximum absolute atomic E-state index is 13.3. The van der Waals surface area contributed by atoms with Gasteiger partial charge in [-0.2, -0.15) is 0 Å². The van der Waals surface area contributed by atoms with Crippen LogP contribution in [0.15, 0.2) is 39.1 Å². The molecule has 2 aromatic rings. The lowest BCUT2D eigenvalue weighted by Crippen LogP contribution is -2.10. The molecule has 0 unspecified atom stereocenters. The van der Waals surface area contributed by atoms with E-state index in [1.165, 1.54) is 12.1 Å². The largest absolute Gasteiger partial charge is 0.395 e. The zero-order valence-corrected chi connectivity index (χ0v) is 11.3. The number of H-pyrrole nitrogens is 1. The monoisotopic (exact) mass is 279 g/mol. The Morgan fingerprint density at radius 1 is 1.47 bits per heavy atom. The van der Waals surface area contributed by atoms with Gasteiger partial charge in [-0.1, -0.05) is 19.4 Å². The third-order valence-electron chi connectivity index (χ3n) is 2.50. The number of hydrogen-bond acceptors (Lipinski definition) is 4. The van der Waals surface area contributed by atoms with Crippen LogP contribution in [0, 0.1) is 5.82 Å². The van der Waals surface area contributed by atoms with Crippen molar-refractivity contribution in [1.29, 1.82) is 0 Å². The Morgan fingerprint density at radius 2 is 2.26 bits per heavy atom. The smallest absolute Gasteiger partial charge is 0.251 e. The molecule has 6 heteroatoms. The zero-order valence-electron chi connectivity index (χ0n) is 10.4. The average molecular weight is 279 g/mol. The fourth-order valence-electron chi connectivity index (χ4n) is 1.63. The van der Waals surface area contributed by atoms with Crippen LogP contribution in [0.5, 0.6) is 0 Å². The van der Waals surface area contributed by atoms with Crippen LogP contribution in [0.4, 0.5) is 10.1 Å². The van der Waals surface area contributed by atoms with E-state index in [9.17, 15) is 9.18 Å². The van der Waals surface area contributed by atoms with Crippen molar-refractivity contribution >= 4 is 17.4 Å². The number of aryl methyl sites for hydroxylation is 1. The van der Waals surface area contributed by atoms with E-state index >= 15 is 0 Å². The lowest BCUT2D eigenvalue weighted by atomic mass is 10.2. The Hall–Kier alpha value is -1.82. The first-order valence-electron chi connectivity index (χ1n) is 5.92. The van der Waals surface area contributed by atoms with Gasteiger partial charge in [0.2, 0.25) is 0 Å². The highest BCUT2D eigenvalue weighted by Crippen LogP contribution is 2.30. The summed E-state index contributed by atoms with van der Waals surface area (Å²) in [4.78, 5) is 19.0. The minimum atomic E-state index is -0.475. The summed E-state index contributed by atoms with van der Waals surface area (Å²) in [5, 5.41) is 0.424. The van der Waals surface area contributed by atoms with E-state index in [2.05, 4.69) is 9.97 Å². The summed E-state index contributed by atoms with van der Waals surface area (Å²) >= 11 is 1.15. The second-order valence-corrected chi connectivity index (χ2v) is 5.08. The van der Waals surface area contributed by atoms with Gasteiger partial charge in [0.05, 0.1) is 5.69 Å². The number of aromatic amines is 1. The Kier molecular flexibility index (Phi) is 4.21. The highest BCUT2D eigenvalue weighted by Gasteiger charge is 2.08. The summed E-state index contributed by atoms with van der Waals surface area (Å²) in [5.41, 5.74) is 6.23. The van der Waals surface area contributed by atoms with Crippen molar-refractivity contribution in [2.45, 2.75) is 29.8 Å². The molecular weight excluding hydrogens is 265 g/mol. The van der Waals surface area contributed by atoms with E-state index in [-0.39, 0.29) is 11.2 Å². The number of aromatic nitrogens is 2. The lowest BCUT2D eigenvalue weighted by molar-refractivity contribution is 0.629.